The summed E-state index contributed by atoms with van der Waals surface area (Å²) in [5.41, 5.74) is 0.242. The van der Waals surface area contributed by atoms with Gasteiger partial charge < -0.3 is 5.32 Å². The molecule has 3 aromatic rings. The zero-order valence-corrected chi connectivity index (χ0v) is 20.8. The molecule has 2 aromatic carbocycles. The molecule has 1 N–H and O–H groups in total. The van der Waals surface area contributed by atoms with E-state index < -0.39 is 33.5 Å². The molecule has 1 aromatic heterocycles. The summed E-state index contributed by atoms with van der Waals surface area (Å²) in [7, 11) is -3.87. The van der Waals surface area contributed by atoms with Crippen LogP contribution in [-0.2, 0) is 27.4 Å². The molecule has 6 nitrogen and oxygen atoms in total. The Labute approximate surface area is 210 Å². The Kier molecular flexibility index (Phi) is 7.48. The predicted octanol–water partition coefficient (Wildman–Crippen LogP) is 5.24. The fourth-order valence-electron chi connectivity index (χ4n) is 4.02. The Bertz CT molecular complexity index is 1360. The van der Waals surface area contributed by atoms with Gasteiger partial charge in [0.05, 0.1) is 27.1 Å². The van der Waals surface area contributed by atoms with Gasteiger partial charge in [-0.15, -0.1) is 11.3 Å². The van der Waals surface area contributed by atoms with Gasteiger partial charge in [-0.3, -0.25) is 4.79 Å². The molecule has 0 spiro atoms. The van der Waals surface area contributed by atoms with E-state index in [1.165, 1.54) is 33.8 Å². The number of anilines is 1. The van der Waals surface area contributed by atoms with Gasteiger partial charge in [0, 0.05) is 19.5 Å². The molecular weight excluding hydrogens is 518 g/mol. The van der Waals surface area contributed by atoms with Gasteiger partial charge in [0.2, 0.25) is 15.9 Å². The van der Waals surface area contributed by atoms with Crippen LogP contribution in [0.4, 0.5) is 22.6 Å². The summed E-state index contributed by atoms with van der Waals surface area (Å²) in [5, 5.41) is 3.83. The maximum absolute atomic E-state index is 13.2. The summed E-state index contributed by atoms with van der Waals surface area (Å²) >= 11 is 1.17. The first-order chi connectivity index (χ1) is 16.9. The summed E-state index contributed by atoms with van der Waals surface area (Å²) in [6.07, 6.45) is -3.28. The standard InChI is InChI=1S/C24H23F4N3O3S2/c1-15-23(35-21(29-15)13-16-4-2-6-18(12-16)24(26,27)28)30-22(32)17-5-3-11-31(14-17)36(33,34)20-9-7-19(25)8-10-20/h2,4,6-10,12,17H,3,5,11,13-14H2,1H3,(H,30,32). The first-order valence-electron chi connectivity index (χ1n) is 11.1. The van der Waals surface area contributed by atoms with Gasteiger partial charge in [-0.2, -0.15) is 17.5 Å². The van der Waals surface area contributed by atoms with E-state index in [-0.39, 0.29) is 30.3 Å². The van der Waals surface area contributed by atoms with Crippen LogP contribution in [0.1, 0.15) is 34.7 Å². The average Bonchev–Trinajstić information content (AvgIpc) is 3.17. The molecule has 0 aliphatic carbocycles. The quantitative estimate of drug-likeness (QED) is 0.433. The minimum atomic E-state index is -4.44. The third-order valence-corrected chi connectivity index (χ3v) is 8.85. The largest absolute Gasteiger partial charge is 0.416 e. The lowest BCUT2D eigenvalue weighted by Gasteiger charge is -2.31. The Hall–Kier alpha value is -2.83. The highest BCUT2D eigenvalue weighted by molar-refractivity contribution is 7.89. The molecule has 1 aliphatic rings. The molecule has 0 radical (unpaired) electrons. The molecule has 192 valence electrons. The van der Waals surface area contributed by atoms with Crippen molar-refractivity contribution >= 4 is 32.3 Å². The van der Waals surface area contributed by atoms with E-state index in [1.54, 1.807) is 13.0 Å². The lowest BCUT2D eigenvalue weighted by molar-refractivity contribution is -0.137. The topological polar surface area (TPSA) is 79.4 Å². The molecule has 1 atom stereocenters. The third-order valence-electron chi connectivity index (χ3n) is 5.89. The van der Waals surface area contributed by atoms with Crippen molar-refractivity contribution in [1.29, 1.82) is 0 Å². The van der Waals surface area contributed by atoms with Crippen LogP contribution in [0.15, 0.2) is 53.4 Å². The number of nitrogens with zero attached hydrogens (tertiary/aromatic N) is 2. The number of amides is 1. The van der Waals surface area contributed by atoms with Crippen molar-refractivity contribution in [2.45, 2.75) is 37.3 Å². The van der Waals surface area contributed by atoms with Crippen LogP contribution in [0.5, 0.6) is 0 Å². The third kappa shape index (κ3) is 5.93. The number of piperidine rings is 1. The molecule has 1 amide bonds. The van der Waals surface area contributed by atoms with Crippen molar-refractivity contribution < 1.29 is 30.8 Å². The number of hydrogen-bond donors (Lipinski definition) is 1. The second-order valence-corrected chi connectivity index (χ2v) is 11.6. The highest BCUT2D eigenvalue weighted by atomic mass is 32.2. The van der Waals surface area contributed by atoms with E-state index in [0.717, 1.165) is 24.3 Å². The summed E-state index contributed by atoms with van der Waals surface area (Å²) in [6, 6.07) is 9.55. The highest BCUT2D eigenvalue weighted by Crippen LogP contribution is 2.32. The van der Waals surface area contributed by atoms with Crippen molar-refractivity contribution in [3.63, 3.8) is 0 Å². The number of thiazole rings is 1. The lowest BCUT2D eigenvalue weighted by atomic mass is 9.99. The van der Waals surface area contributed by atoms with Gasteiger partial charge in [-0.05, 0) is 55.7 Å². The van der Waals surface area contributed by atoms with Crippen molar-refractivity contribution in [1.82, 2.24) is 9.29 Å². The normalized spacial score (nSPS) is 17.2. The fourth-order valence-corrected chi connectivity index (χ4v) is 6.55. The van der Waals surface area contributed by atoms with Gasteiger partial charge in [0.1, 0.15) is 10.8 Å². The number of rotatable bonds is 6. The van der Waals surface area contributed by atoms with Gasteiger partial charge in [-0.1, -0.05) is 18.2 Å². The number of hydrogen-bond acceptors (Lipinski definition) is 5. The second-order valence-electron chi connectivity index (χ2n) is 8.54. The number of carbonyl (C=O) groups is 1. The van der Waals surface area contributed by atoms with Gasteiger partial charge in [0.25, 0.3) is 0 Å². The molecule has 12 heteroatoms. The molecule has 1 aliphatic heterocycles. The fraction of sp³-hybridized carbons (Fsp3) is 0.333. The zero-order chi connectivity index (χ0) is 26.1. The lowest BCUT2D eigenvalue weighted by Crippen LogP contribution is -2.43. The van der Waals surface area contributed by atoms with Crippen LogP contribution < -0.4 is 5.32 Å². The van der Waals surface area contributed by atoms with E-state index in [9.17, 15) is 30.8 Å². The number of sulfonamides is 1. The summed E-state index contributed by atoms with van der Waals surface area (Å²) in [4.78, 5) is 17.3. The number of nitrogens with one attached hydrogen (secondary N) is 1. The Morgan fingerprint density at radius 2 is 1.92 bits per heavy atom. The summed E-state index contributed by atoms with van der Waals surface area (Å²) < 4.78 is 79.3. The number of halogens is 4. The number of alkyl halides is 3. The average molecular weight is 542 g/mol. The van der Waals surface area contributed by atoms with Crippen molar-refractivity contribution in [3.05, 3.63) is 76.2 Å². The first kappa shape index (κ1) is 26.2. The predicted molar refractivity (Wildman–Crippen MR) is 128 cm³/mol. The monoisotopic (exact) mass is 541 g/mol. The van der Waals surface area contributed by atoms with Crippen LogP contribution in [0.3, 0.4) is 0 Å². The van der Waals surface area contributed by atoms with Gasteiger partial charge in [0.15, 0.2) is 0 Å². The SMILES string of the molecule is Cc1nc(Cc2cccc(C(F)(F)F)c2)sc1NC(=O)C1CCCN(S(=O)(=O)c2ccc(F)cc2)C1. The van der Waals surface area contributed by atoms with Crippen LogP contribution in [0.25, 0.3) is 0 Å². The van der Waals surface area contributed by atoms with Crippen molar-refractivity contribution in [2.24, 2.45) is 5.92 Å². The van der Waals surface area contributed by atoms with E-state index >= 15 is 0 Å². The van der Waals surface area contributed by atoms with Gasteiger partial charge >= 0.3 is 6.18 Å². The Morgan fingerprint density at radius 1 is 1.19 bits per heavy atom. The van der Waals surface area contributed by atoms with E-state index in [4.69, 9.17) is 0 Å². The zero-order valence-electron chi connectivity index (χ0n) is 19.2. The van der Waals surface area contributed by atoms with E-state index in [1.807, 2.05) is 0 Å². The minimum absolute atomic E-state index is 0.0134. The molecule has 36 heavy (non-hydrogen) atoms. The van der Waals surface area contributed by atoms with Crippen LogP contribution in [0.2, 0.25) is 0 Å². The van der Waals surface area contributed by atoms with Crippen LogP contribution in [0, 0.1) is 18.7 Å². The number of aromatic nitrogens is 1. The molecule has 1 saturated heterocycles. The second kappa shape index (κ2) is 10.3. The van der Waals surface area contributed by atoms with Crippen molar-refractivity contribution in [3.8, 4) is 0 Å². The maximum atomic E-state index is 13.2. The van der Waals surface area contributed by atoms with Crippen molar-refractivity contribution in [2.75, 3.05) is 18.4 Å². The molecule has 2 heterocycles. The maximum Gasteiger partial charge on any atom is 0.416 e. The summed E-state index contributed by atoms with van der Waals surface area (Å²) in [6.45, 7) is 1.93. The number of benzene rings is 2. The number of carbonyl (C=O) groups excluding carboxylic acids is 1. The molecule has 1 fully saturated rings. The van der Waals surface area contributed by atoms with Crippen LogP contribution in [-0.4, -0.2) is 36.7 Å². The number of aryl methyl sites for hydroxylation is 1. The molecule has 1 unspecified atom stereocenters. The molecular formula is C24H23F4N3O3S2. The van der Waals surface area contributed by atoms with Gasteiger partial charge in [-0.25, -0.2) is 17.8 Å². The summed E-state index contributed by atoms with van der Waals surface area (Å²) in [5.74, 6) is -1.49. The molecule has 0 saturated carbocycles. The minimum Gasteiger partial charge on any atom is -0.316 e. The first-order valence-corrected chi connectivity index (χ1v) is 13.4. The highest BCUT2D eigenvalue weighted by Gasteiger charge is 2.34. The van der Waals surface area contributed by atoms with Crippen LogP contribution >= 0.6 is 11.3 Å². The molecule has 4 rings (SSSR count). The Morgan fingerprint density at radius 3 is 2.61 bits per heavy atom. The van der Waals surface area contributed by atoms with E-state index in [2.05, 4.69) is 10.3 Å². The smallest absolute Gasteiger partial charge is 0.316 e. The van der Waals surface area contributed by atoms with E-state index in [0.29, 0.717) is 34.1 Å². The molecule has 0 bridgehead atoms. The Balaban J connectivity index is 1.43.